The smallest absolute Gasteiger partial charge is 1.00 e. The molecule has 0 aromatic carbocycles. The van der Waals surface area contributed by atoms with Crippen molar-refractivity contribution in [2.75, 3.05) is 0 Å². The van der Waals surface area contributed by atoms with Crippen molar-refractivity contribution in [3.8, 4) is 0 Å². The summed E-state index contributed by atoms with van der Waals surface area (Å²) in [5.74, 6) is -3.54. The number of aliphatic hydroxyl groups excluding tert-OH is 2. The summed E-state index contributed by atoms with van der Waals surface area (Å²) < 4.78 is 0. The fraction of sp³-hybridized carbons (Fsp3) is 0.500. The molecule has 0 saturated heterocycles. The minimum absolute atomic E-state index is 0. The van der Waals surface area contributed by atoms with E-state index in [4.69, 9.17) is 20.4 Å². The summed E-state index contributed by atoms with van der Waals surface area (Å²) in [6.45, 7) is 0. The summed E-state index contributed by atoms with van der Waals surface area (Å²) in [6.07, 6.45) is -4.53. The molecule has 0 aromatic heterocycles. The zero-order chi connectivity index (χ0) is 8.31. The van der Waals surface area contributed by atoms with E-state index in [-0.39, 0.29) is 20.3 Å². The molecule has 11 heavy (non-hydrogen) atoms. The molecule has 0 amide bonds. The first-order valence-electron chi connectivity index (χ1n) is 2.28. The van der Waals surface area contributed by atoms with E-state index in [9.17, 15) is 9.59 Å². The van der Waals surface area contributed by atoms with Gasteiger partial charge in [-0.25, -0.2) is 9.59 Å². The number of aliphatic carboxylic acids is 2. The first-order valence-corrected chi connectivity index (χ1v) is 2.28. The van der Waals surface area contributed by atoms with Crippen molar-refractivity contribution in [2.45, 2.75) is 12.2 Å². The monoisotopic (exact) mass is 158 g/mol. The van der Waals surface area contributed by atoms with Crippen LogP contribution < -0.4 is 18.9 Å². The summed E-state index contributed by atoms with van der Waals surface area (Å²) in [4.78, 5) is 19.5. The molecule has 6 nitrogen and oxygen atoms in total. The van der Waals surface area contributed by atoms with Gasteiger partial charge in [-0.2, -0.15) is 0 Å². The van der Waals surface area contributed by atoms with Crippen molar-refractivity contribution >= 4 is 11.9 Å². The second-order valence-electron chi connectivity index (χ2n) is 1.57. The van der Waals surface area contributed by atoms with Crippen molar-refractivity contribution in [3.05, 3.63) is 0 Å². The second kappa shape index (κ2) is 5.15. The van der Waals surface area contributed by atoms with Gasteiger partial charge in [0, 0.05) is 0 Å². The maximum Gasteiger partial charge on any atom is 1.00 e. The van der Waals surface area contributed by atoms with Crippen LogP contribution >= 0.6 is 0 Å². The van der Waals surface area contributed by atoms with Gasteiger partial charge in [-0.1, -0.05) is 0 Å². The van der Waals surface area contributed by atoms with Gasteiger partial charge >= 0.3 is 30.8 Å². The molecule has 7 heteroatoms. The Morgan fingerprint density at radius 3 is 1.27 bits per heavy atom. The van der Waals surface area contributed by atoms with Crippen molar-refractivity contribution in [1.82, 2.24) is 0 Å². The molecule has 60 valence electrons. The Hall–Kier alpha value is -0.543. The number of carboxylic acid groups (broad SMARTS) is 2. The van der Waals surface area contributed by atoms with Gasteiger partial charge < -0.3 is 21.9 Å². The van der Waals surface area contributed by atoms with Gasteiger partial charge in [0.1, 0.15) is 0 Å². The van der Waals surface area contributed by atoms with Gasteiger partial charge in [0.2, 0.25) is 0 Å². The van der Waals surface area contributed by atoms with Crippen LogP contribution in [0.2, 0.25) is 0 Å². The van der Waals surface area contributed by atoms with Gasteiger partial charge in [0.05, 0.1) is 0 Å². The van der Waals surface area contributed by atoms with Crippen LogP contribution in [0.3, 0.4) is 0 Å². The Morgan fingerprint density at radius 2 is 1.18 bits per heavy atom. The van der Waals surface area contributed by atoms with Gasteiger partial charge in [-0.15, -0.1) is 0 Å². The molecule has 0 aromatic rings. The second-order valence-corrected chi connectivity index (χ2v) is 1.57. The average Bonchev–Trinajstić information content (AvgIpc) is 1.84. The Bertz CT molecular complexity index is 144. The SMILES string of the molecule is O=C(O)C(O)C(O)C(=O)O.[H-].[Li+]. The van der Waals surface area contributed by atoms with Crippen LogP contribution in [0.1, 0.15) is 1.43 Å². The van der Waals surface area contributed by atoms with Crippen molar-refractivity contribution in [3.63, 3.8) is 0 Å². The summed E-state index contributed by atoms with van der Waals surface area (Å²) in [5.41, 5.74) is 0. The molecule has 0 aliphatic carbocycles. The quantitative estimate of drug-likeness (QED) is 0.306. The Labute approximate surface area is 75.1 Å². The van der Waals surface area contributed by atoms with Crippen molar-refractivity contribution in [2.24, 2.45) is 0 Å². The molecule has 2 unspecified atom stereocenters. The molecule has 0 aliphatic rings. The third-order valence-electron chi connectivity index (χ3n) is 0.805. The number of carbonyl (C=O) groups is 2. The van der Waals surface area contributed by atoms with E-state index in [2.05, 4.69) is 0 Å². The average molecular weight is 158 g/mol. The molecule has 0 saturated carbocycles. The maximum absolute atomic E-state index is 9.77. The van der Waals surface area contributed by atoms with Crippen LogP contribution in [-0.4, -0.2) is 44.6 Å². The summed E-state index contributed by atoms with van der Waals surface area (Å²) in [6, 6.07) is 0. The Balaban J connectivity index is -0.000000405. The largest absolute Gasteiger partial charge is 1.00 e. The summed E-state index contributed by atoms with van der Waals surface area (Å²) in [5, 5.41) is 32.5. The van der Waals surface area contributed by atoms with E-state index in [0.29, 0.717) is 0 Å². The van der Waals surface area contributed by atoms with Crippen LogP contribution in [0.15, 0.2) is 0 Å². The van der Waals surface area contributed by atoms with Crippen LogP contribution in [0.5, 0.6) is 0 Å². The van der Waals surface area contributed by atoms with E-state index in [1.807, 2.05) is 0 Å². The first-order chi connectivity index (χ1) is 4.46. The predicted molar refractivity (Wildman–Crippen MR) is 28.4 cm³/mol. The van der Waals surface area contributed by atoms with Crippen LogP contribution in [0, 0.1) is 0 Å². The van der Waals surface area contributed by atoms with E-state index in [0.717, 1.165) is 0 Å². The van der Waals surface area contributed by atoms with Gasteiger partial charge in [0.25, 0.3) is 0 Å². The Morgan fingerprint density at radius 1 is 1.00 bits per heavy atom. The third kappa shape index (κ3) is 4.01. The fourth-order valence-electron chi connectivity index (χ4n) is 0.270. The normalized spacial score (nSPS) is 14.4. The number of carboxylic acids is 2. The number of hydrogen-bond donors (Lipinski definition) is 4. The van der Waals surface area contributed by atoms with Crippen LogP contribution in [0.4, 0.5) is 0 Å². The first kappa shape index (κ1) is 13.1. The fourth-order valence-corrected chi connectivity index (χ4v) is 0.270. The molecule has 2 atom stereocenters. The topological polar surface area (TPSA) is 115 Å². The van der Waals surface area contributed by atoms with E-state index >= 15 is 0 Å². The van der Waals surface area contributed by atoms with Crippen molar-refractivity contribution in [1.29, 1.82) is 0 Å². The number of hydrogen-bond acceptors (Lipinski definition) is 4. The molecule has 0 fully saturated rings. The number of aliphatic hydroxyl groups is 2. The molecular weight excluding hydrogens is 151 g/mol. The molecule has 0 rings (SSSR count). The molecule has 0 radical (unpaired) electrons. The number of rotatable bonds is 3. The minimum Gasteiger partial charge on any atom is -1.00 e. The van der Waals surface area contributed by atoms with Crippen LogP contribution in [-0.2, 0) is 9.59 Å². The van der Waals surface area contributed by atoms with Crippen molar-refractivity contribution < 1.29 is 50.3 Å². The predicted octanol–water partition coefficient (Wildman–Crippen LogP) is -5.01. The van der Waals surface area contributed by atoms with E-state index < -0.39 is 24.1 Å². The summed E-state index contributed by atoms with van der Waals surface area (Å²) >= 11 is 0. The molecule has 0 spiro atoms. The van der Waals surface area contributed by atoms with E-state index in [1.54, 1.807) is 0 Å². The summed E-state index contributed by atoms with van der Waals surface area (Å²) in [7, 11) is 0. The molecule has 0 heterocycles. The van der Waals surface area contributed by atoms with E-state index in [1.165, 1.54) is 0 Å². The minimum atomic E-state index is -2.27. The van der Waals surface area contributed by atoms with Gasteiger partial charge in [0.15, 0.2) is 12.2 Å². The molecule has 0 bridgehead atoms. The zero-order valence-electron chi connectivity index (χ0n) is 6.76. The zero-order valence-corrected chi connectivity index (χ0v) is 5.76. The molecular formula is C4H7LiO6. The molecule has 0 aliphatic heterocycles. The third-order valence-corrected chi connectivity index (χ3v) is 0.805. The standard InChI is InChI=1S/C4H6O6.Li.H/c5-1(3(7)8)2(6)4(9)10;;/h1-2,5-6H,(H,7,8)(H,9,10);;/q;+1;-1. The van der Waals surface area contributed by atoms with Gasteiger partial charge in [-0.3, -0.25) is 0 Å². The van der Waals surface area contributed by atoms with Gasteiger partial charge in [-0.05, 0) is 0 Å². The van der Waals surface area contributed by atoms with Crippen LogP contribution in [0.25, 0.3) is 0 Å². The molecule has 4 N–H and O–H groups in total. The Kier molecular flexibility index (Phi) is 6.13. The maximum atomic E-state index is 9.77.